The predicted octanol–water partition coefficient (Wildman–Crippen LogP) is 0.896. The van der Waals surface area contributed by atoms with Gasteiger partial charge in [0.15, 0.2) is 0 Å². The molecule has 0 heterocycles. The van der Waals surface area contributed by atoms with E-state index in [0.29, 0.717) is 0 Å². The van der Waals surface area contributed by atoms with Crippen molar-refractivity contribution in [2.24, 2.45) is 0 Å². The van der Waals surface area contributed by atoms with E-state index < -0.39 is 12.1 Å². The van der Waals surface area contributed by atoms with Crippen LogP contribution in [0.5, 0.6) is 0 Å². The lowest BCUT2D eigenvalue weighted by atomic mass is 10.9. The standard InChI is InChI=1S/C4H6O5S/c1-3(5)8-10-9-4(6)7-2/h1-2H3. The van der Waals surface area contributed by atoms with Crippen LogP contribution in [-0.2, 0) is 17.9 Å². The lowest BCUT2D eigenvalue weighted by molar-refractivity contribution is -0.130. The quantitative estimate of drug-likeness (QED) is 0.448. The molecule has 0 bridgehead atoms. The zero-order valence-corrected chi connectivity index (χ0v) is 6.27. The Morgan fingerprint density at radius 2 is 1.90 bits per heavy atom. The molecule has 5 nitrogen and oxygen atoms in total. The van der Waals surface area contributed by atoms with Crippen LogP contribution in [0.4, 0.5) is 4.79 Å². The summed E-state index contributed by atoms with van der Waals surface area (Å²) in [6.07, 6.45) is -0.911. The summed E-state index contributed by atoms with van der Waals surface area (Å²) in [5, 5.41) is 0. The van der Waals surface area contributed by atoms with Crippen molar-refractivity contribution in [2.45, 2.75) is 6.92 Å². The third-order valence-corrected chi connectivity index (χ3v) is 0.927. The summed E-state index contributed by atoms with van der Waals surface area (Å²) >= 11 is 0.270. The Labute approximate surface area is 62.0 Å². The average molecular weight is 166 g/mol. The van der Waals surface area contributed by atoms with Gasteiger partial charge >= 0.3 is 24.4 Å². The molecule has 58 valence electrons. The lowest BCUT2D eigenvalue weighted by Crippen LogP contribution is -1.99. The second-order valence-corrected chi connectivity index (χ2v) is 1.65. The number of carbonyl (C=O) groups excluding carboxylic acids is 2. The van der Waals surface area contributed by atoms with Crippen molar-refractivity contribution in [3.05, 3.63) is 0 Å². The molecule has 0 aliphatic carbocycles. The largest absolute Gasteiger partial charge is 0.523 e. The van der Waals surface area contributed by atoms with Gasteiger partial charge in [0.1, 0.15) is 0 Å². The Bertz CT molecular complexity index is 134. The smallest absolute Gasteiger partial charge is 0.437 e. The Morgan fingerprint density at radius 3 is 2.30 bits per heavy atom. The number of hydrogen-bond acceptors (Lipinski definition) is 6. The van der Waals surface area contributed by atoms with Gasteiger partial charge in [-0.1, -0.05) is 0 Å². The molecule has 0 aromatic carbocycles. The van der Waals surface area contributed by atoms with Gasteiger partial charge < -0.3 is 13.1 Å². The van der Waals surface area contributed by atoms with Crippen LogP contribution in [0.15, 0.2) is 0 Å². The molecule has 0 aromatic rings. The van der Waals surface area contributed by atoms with Crippen LogP contribution in [0.25, 0.3) is 0 Å². The summed E-state index contributed by atoms with van der Waals surface area (Å²) in [6.45, 7) is 1.19. The normalized spacial score (nSPS) is 8.20. The van der Waals surface area contributed by atoms with Crippen LogP contribution in [0.1, 0.15) is 6.92 Å². The highest BCUT2D eigenvalue weighted by Gasteiger charge is 2.03. The van der Waals surface area contributed by atoms with E-state index in [1.54, 1.807) is 0 Å². The van der Waals surface area contributed by atoms with E-state index in [1.165, 1.54) is 6.92 Å². The molecule has 0 N–H and O–H groups in total. The predicted molar refractivity (Wildman–Crippen MR) is 32.8 cm³/mol. The summed E-state index contributed by atoms with van der Waals surface area (Å²) in [5.74, 6) is -0.547. The molecular weight excluding hydrogens is 160 g/mol. The van der Waals surface area contributed by atoms with Crippen LogP contribution in [0, 0.1) is 0 Å². The van der Waals surface area contributed by atoms with E-state index in [2.05, 4.69) is 13.1 Å². The van der Waals surface area contributed by atoms with Gasteiger partial charge in [-0.25, -0.2) is 4.79 Å². The topological polar surface area (TPSA) is 61.8 Å². The Balaban J connectivity index is 3.20. The number of methoxy groups -OCH3 is 1. The second-order valence-electron chi connectivity index (χ2n) is 1.18. The molecule has 0 aliphatic rings. The highest BCUT2D eigenvalue weighted by molar-refractivity contribution is 7.90. The zero-order valence-electron chi connectivity index (χ0n) is 5.45. The van der Waals surface area contributed by atoms with Crippen molar-refractivity contribution < 1.29 is 22.7 Å². The second kappa shape index (κ2) is 4.92. The number of rotatable bonds is 2. The van der Waals surface area contributed by atoms with Gasteiger partial charge in [-0.3, -0.25) is 4.79 Å². The van der Waals surface area contributed by atoms with Crippen LogP contribution in [-0.4, -0.2) is 19.2 Å². The Hall–Kier alpha value is -0.910. The van der Waals surface area contributed by atoms with Gasteiger partial charge in [0.2, 0.25) is 0 Å². The van der Waals surface area contributed by atoms with Crippen molar-refractivity contribution in [2.75, 3.05) is 7.11 Å². The fraction of sp³-hybridized carbons (Fsp3) is 0.500. The summed E-state index contributed by atoms with van der Waals surface area (Å²) < 4.78 is 12.3. The molecule has 0 saturated heterocycles. The van der Waals surface area contributed by atoms with E-state index in [-0.39, 0.29) is 12.3 Å². The van der Waals surface area contributed by atoms with Crippen molar-refractivity contribution in [3.63, 3.8) is 0 Å². The van der Waals surface area contributed by atoms with Gasteiger partial charge in [0.25, 0.3) is 0 Å². The first-order valence-electron chi connectivity index (χ1n) is 2.26. The molecule has 10 heavy (non-hydrogen) atoms. The molecule has 0 radical (unpaired) electrons. The van der Waals surface area contributed by atoms with E-state index >= 15 is 0 Å². The van der Waals surface area contributed by atoms with Gasteiger partial charge in [-0.05, 0) is 0 Å². The maximum absolute atomic E-state index is 10.1. The van der Waals surface area contributed by atoms with Crippen molar-refractivity contribution in [3.8, 4) is 0 Å². The maximum atomic E-state index is 10.1. The summed E-state index contributed by atoms with van der Waals surface area (Å²) in [5.41, 5.74) is 0. The van der Waals surface area contributed by atoms with Gasteiger partial charge in [-0.2, -0.15) is 0 Å². The highest BCUT2D eigenvalue weighted by atomic mass is 32.2. The van der Waals surface area contributed by atoms with Crippen LogP contribution in [0.2, 0.25) is 0 Å². The first kappa shape index (κ1) is 9.09. The summed E-state index contributed by atoms with van der Waals surface area (Å²) in [6, 6.07) is 0. The molecule has 6 heteroatoms. The SMILES string of the molecule is COC(=O)OSOC(C)=O. The molecular formula is C4H6O5S. The Morgan fingerprint density at radius 1 is 1.30 bits per heavy atom. The fourth-order valence-electron chi connectivity index (χ4n) is 0.127. The fourth-order valence-corrected chi connectivity index (χ4v) is 0.380. The zero-order chi connectivity index (χ0) is 7.98. The Kier molecular flexibility index (Phi) is 4.47. The minimum absolute atomic E-state index is 0.270. The van der Waals surface area contributed by atoms with Crippen molar-refractivity contribution >= 4 is 24.4 Å². The first-order valence-corrected chi connectivity index (χ1v) is 2.93. The molecule has 0 rings (SSSR count). The minimum atomic E-state index is -0.911. The van der Waals surface area contributed by atoms with Crippen LogP contribution >= 0.6 is 12.3 Å². The molecule has 0 amide bonds. The van der Waals surface area contributed by atoms with Gasteiger partial charge in [0, 0.05) is 6.92 Å². The van der Waals surface area contributed by atoms with Crippen molar-refractivity contribution in [1.29, 1.82) is 0 Å². The van der Waals surface area contributed by atoms with Crippen molar-refractivity contribution in [1.82, 2.24) is 0 Å². The van der Waals surface area contributed by atoms with Gasteiger partial charge in [-0.15, -0.1) is 0 Å². The van der Waals surface area contributed by atoms with E-state index in [1.807, 2.05) is 0 Å². The number of ether oxygens (including phenoxy) is 1. The van der Waals surface area contributed by atoms with E-state index in [9.17, 15) is 9.59 Å². The molecule has 0 spiro atoms. The monoisotopic (exact) mass is 166 g/mol. The van der Waals surface area contributed by atoms with Crippen LogP contribution < -0.4 is 0 Å². The maximum Gasteiger partial charge on any atom is 0.523 e. The van der Waals surface area contributed by atoms with E-state index in [4.69, 9.17) is 0 Å². The third-order valence-electron chi connectivity index (χ3n) is 0.420. The third kappa shape index (κ3) is 5.23. The molecule has 0 atom stereocenters. The molecule has 0 fully saturated rings. The average Bonchev–Trinajstić information content (AvgIpc) is 1.87. The lowest BCUT2D eigenvalue weighted by Gasteiger charge is -1.96. The van der Waals surface area contributed by atoms with Gasteiger partial charge in [0.05, 0.1) is 7.11 Å². The molecule has 0 aliphatic heterocycles. The van der Waals surface area contributed by atoms with Crippen LogP contribution in [0.3, 0.4) is 0 Å². The molecule has 0 aromatic heterocycles. The highest BCUT2D eigenvalue weighted by Crippen LogP contribution is 2.05. The first-order chi connectivity index (χ1) is 4.66. The minimum Gasteiger partial charge on any atom is -0.437 e. The number of hydrogen-bond donors (Lipinski definition) is 0. The number of carbonyl (C=O) groups is 2. The summed E-state index contributed by atoms with van der Waals surface area (Å²) in [7, 11) is 1.15. The molecule has 0 saturated carbocycles. The summed E-state index contributed by atoms with van der Waals surface area (Å²) in [4.78, 5) is 20.2. The van der Waals surface area contributed by atoms with E-state index in [0.717, 1.165) is 7.11 Å². The molecule has 0 unspecified atom stereocenters.